The molecule has 2 aliphatic heterocycles. The van der Waals surface area contributed by atoms with Gasteiger partial charge in [0, 0.05) is 43.3 Å². The molecule has 4 aromatic rings. The van der Waals surface area contributed by atoms with Crippen LogP contribution in [0, 0.1) is 13.8 Å². The molecule has 1 amide bonds. The van der Waals surface area contributed by atoms with E-state index in [4.69, 9.17) is 14.7 Å². The lowest BCUT2D eigenvalue weighted by atomic mass is 9.91. The normalized spacial score (nSPS) is 14.6. The van der Waals surface area contributed by atoms with E-state index in [1.165, 1.54) is 6.08 Å². The van der Waals surface area contributed by atoms with Crippen molar-refractivity contribution < 1.29 is 9.53 Å². The Morgan fingerprint density at radius 1 is 1.10 bits per heavy atom. The molecule has 1 saturated heterocycles. The fourth-order valence-corrected chi connectivity index (χ4v) is 6.55. The maximum Gasteiger partial charge on any atom is 0.354 e. The van der Waals surface area contributed by atoms with Crippen molar-refractivity contribution in [2.45, 2.75) is 40.2 Å². The second kappa shape index (κ2) is 10.4. The zero-order chi connectivity index (χ0) is 29.0. The van der Waals surface area contributed by atoms with Gasteiger partial charge in [-0.1, -0.05) is 38.6 Å². The Hall–Kier alpha value is -4.03. The molecule has 0 spiro atoms. The number of ether oxygens (including phenoxy) is 1. The van der Waals surface area contributed by atoms with E-state index >= 15 is 0 Å². The molecule has 2 aliphatic rings. The van der Waals surface area contributed by atoms with E-state index in [1.54, 1.807) is 15.7 Å². The highest BCUT2D eigenvalue weighted by Crippen LogP contribution is 2.46. The van der Waals surface area contributed by atoms with Crippen LogP contribution >= 0.6 is 9.24 Å². The molecule has 4 heterocycles. The van der Waals surface area contributed by atoms with Gasteiger partial charge in [0.1, 0.15) is 17.9 Å². The maximum absolute atomic E-state index is 14.2. The highest BCUT2D eigenvalue weighted by atomic mass is 31.0. The molecule has 8 nitrogen and oxygen atoms in total. The lowest BCUT2D eigenvalue weighted by Gasteiger charge is -2.36. The smallest absolute Gasteiger partial charge is 0.354 e. The van der Waals surface area contributed by atoms with Gasteiger partial charge in [-0.15, -0.1) is 9.24 Å². The Kier molecular flexibility index (Phi) is 6.90. The monoisotopic (exact) mass is 567 g/mol. The number of benzene rings is 2. The van der Waals surface area contributed by atoms with Gasteiger partial charge in [-0.2, -0.15) is 4.98 Å². The molecule has 9 heteroatoms. The van der Waals surface area contributed by atoms with E-state index in [1.807, 2.05) is 19.1 Å². The van der Waals surface area contributed by atoms with Crippen LogP contribution in [-0.2, 0) is 11.4 Å². The second-order valence-corrected chi connectivity index (χ2v) is 11.7. The lowest BCUT2D eigenvalue weighted by Crippen LogP contribution is -2.49. The molecule has 0 N–H and O–H groups in total. The summed E-state index contributed by atoms with van der Waals surface area (Å²) in [6.45, 7) is 14.4. The van der Waals surface area contributed by atoms with Gasteiger partial charge in [0.15, 0.2) is 5.75 Å². The first kappa shape index (κ1) is 27.2. The molecule has 1 atom stereocenters. The quantitative estimate of drug-likeness (QED) is 0.269. The molecule has 0 bridgehead atoms. The predicted octanol–water partition coefficient (Wildman–Crippen LogP) is 4.42. The first-order valence-corrected chi connectivity index (χ1v) is 14.5. The van der Waals surface area contributed by atoms with E-state index in [0.717, 1.165) is 49.9 Å². The lowest BCUT2D eigenvalue weighted by molar-refractivity contribution is -0.126. The van der Waals surface area contributed by atoms with Crippen LogP contribution in [0.15, 0.2) is 54.0 Å². The van der Waals surface area contributed by atoms with E-state index in [2.05, 4.69) is 59.7 Å². The van der Waals surface area contributed by atoms with Crippen LogP contribution in [0.2, 0.25) is 0 Å². The number of fused-ring (bicyclic) bond motifs is 5. The molecule has 41 heavy (non-hydrogen) atoms. The zero-order valence-corrected chi connectivity index (χ0v) is 25.1. The van der Waals surface area contributed by atoms with Crippen molar-refractivity contribution >= 4 is 37.2 Å². The Bertz CT molecular complexity index is 1790. The summed E-state index contributed by atoms with van der Waals surface area (Å²) >= 11 is 0. The van der Waals surface area contributed by atoms with Gasteiger partial charge in [0.05, 0.1) is 11.4 Å². The largest absolute Gasteiger partial charge is 0.486 e. The molecule has 2 aromatic carbocycles. The van der Waals surface area contributed by atoms with Gasteiger partial charge in [-0.25, -0.2) is 4.79 Å². The Balaban J connectivity index is 1.68. The standard InChI is InChI=1S/C32H34N5O3P/c1-6-24(38)35-12-14-36(15-13-35)31-22-16-20(5)25-26-21(8-7-9-23(26)41)17-40-30(25)29(22)37(32(39)34-31)28-19(4)10-11-33-27(28)18(2)3/h6-11,16,18H,1,12-15,17,41H2,2-5H3. The number of pyridine rings is 1. The molecular formula is C32H34N5O3P. The molecular weight excluding hydrogens is 533 g/mol. The molecule has 0 aliphatic carbocycles. The van der Waals surface area contributed by atoms with E-state index in [0.29, 0.717) is 49.9 Å². The van der Waals surface area contributed by atoms with Crippen molar-refractivity contribution in [3.8, 4) is 22.6 Å². The molecule has 0 radical (unpaired) electrons. The molecule has 1 fully saturated rings. The van der Waals surface area contributed by atoms with Crippen molar-refractivity contribution in [1.82, 2.24) is 19.4 Å². The Morgan fingerprint density at radius 2 is 1.85 bits per heavy atom. The highest BCUT2D eigenvalue weighted by molar-refractivity contribution is 7.28. The van der Waals surface area contributed by atoms with Gasteiger partial charge in [0.25, 0.3) is 0 Å². The van der Waals surface area contributed by atoms with Crippen LogP contribution in [-0.4, -0.2) is 51.5 Å². The number of amides is 1. The van der Waals surface area contributed by atoms with Crippen molar-refractivity contribution in [1.29, 1.82) is 0 Å². The van der Waals surface area contributed by atoms with Gasteiger partial charge >= 0.3 is 5.69 Å². The predicted molar refractivity (Wildman–Crippen MR) is 167 cm³/mol. The average Bonchev–Trinajstić information content (AvgIpc) is 2.97. The summed E-state index contributed by atoms with van der Waals surface area (Å²) in [5.74, 6) is 1.29. The summed E-state index contributed by atoms with van der Waals surface area (Å²) in [5.41, 5.74) is 7.10. The number of nitrogens with zero attached hydrogens (tertiary/aromatic N) is 5. The van der Waals surface area contributed by atoms with Crippen LogP contribution in [0.25, 0.3) is 27.7 Å². The second-order valence-electron chi connectivity index (χ2n) is 11.1. The minimum Gasteiger partial charge on any atom is -0.486 e. The van der Waals surface area contributed by atoms with Crippen LogP contribution in [0.1, 0.15) is 42.1 Å². The Morgan fingerprint density at radius 3 is 2.56 bits per heavy atom. The molecule has 0 saturated carbocycles. The van der Waals surface area contributed by atoms with E-state index < -0.39 is 0 Å². The summed E-state index contributed by atoms with van der Waals surface area (Å²) in [6.07, 6.45) is 3.14. The third-order valence-electron chi connectivity index (χ3n) is 8.11. The first-order valence-electron chi connectivity index (χ1n) is 13.9. The van der Waals surface area contributed by atoms with E-state index in [9.17, 15) is 9.59 Å². The minimum absolute atomic E-state index is 0.0866. The van der Waals surface area contributed by atoms with Gasteiger partial charge in [0.2, 0.25) is 5.91 Å². The van der Waals surface area contributed by atoms with Crippen LogP contribution in [0.3, 0.4) is 0 Å². The third-order valence-corrected chi connectivity index (χ3v) is 8.59. The minimum atomic E-state index is -0.380. The summed E-state index contributed by atoms with van der Waals surface area (Å²) in [6, 6.07) is 10.3. The fourth-order valence-electron chi connectivity index (χ4n) is 6.11. The Labute approximate surface area is 241 Å². The van der Waals surface area contributed by atoms with Crippen LogP contribution < -0.4 is 20.6 Å². The van der Waals surface area contributed by atoms with Crippen molar-refractivity contribution in [3.05, 3.63) is 82.1 Å². The third kappa shape index (κ3) is 4.41. The summed E-state index contributed by atoms with van der Waals surface area (Å²) in [5, 5.41) is 1.92. The topological polar surface area (TPSA) is 80.6 Å². The molecule has 1 unspecified atom stereocenters. The molecule has 210 valence electrons. The zero-order valence-electron chi connectivity index (χ0n) is 23.9. The number of aromatic nitrogens is 3. The number of anilines is 1. The van der Waals surface area contributed by atoms with Gasteiger partial charge < -0.3 is 14.5 Å². The SMILES string of the molecule is C=CC(=O)N1CCN(c2nc(=O)n(-c3c(C)ccnc3C(C)C)c3c4c(c(C)cc23)-c2c(P)cccc2CO4)CC1. The number of rotatable bonds is 4. The molecule has 6 rings (SSSR count). The fraction of sp³-hybridized carbons (Fsp3) is 0.312. The number of aryl methyl sites for hydroxylation is 2. The number of carbonyl (C=O) groups excluding carboxylic acids is 1. The number of carbonyl (C=O) groups is 1. The number of piperazine rings is 1. The van der Waals surface area contributed by atoms with Crippen molar-refractivity contribution in [2.24, 2.45) is 0 Å². The van der Waals surface area contributed by atoms with E-state index in [-0.39, 0.29) is 17.5 Å². The van der Waals surface area contributed by atoms with Gasteiger partial charge in [-0.3, -0.25) is 14.3 Å². The summed E-state index contributed by atoms with van der Waals surface area (Å²) < 4.78 is 8.27. The number of hydrogen-bond donors (Lipinski definition) is 0. The van der Waals surface area contributed by atoms with Gasteiger partial charge in [-0.05, 0) is 65.5 Å². The highest BCUT2D eigenvalue weighted by Gasteiger charge is 2.31. The summed E-state index contributed by atoms with van der Waals surface area (Å²) in [4.78, 5) is 39.7. The van der Waals surface area contributed by atoms with Crippen molar-refractivity contribution in [3.63, 3.8) is 0 Å². The first-order chi connectivity index (χ1) is 19.7. The summed E-state index contributed by atoms with van der Waals surface area (Å²) in [7, 11) is 2.86. The van der Waals surface area contributed by atoms with Crippen molar-refractivity contribution in [2.75, 3.05) is 31.1 Å². The van der Waals surface area contributed by atoms with Crippen LogP contribution in [0.4, 0.5) is 5.82 Å². The molecule has 2 aromatic heterocycles. The maximum atomic E-state index is 14.2. The number of hydrogen-bond acceptors (Lipinski definition) is 6. The average molecular weight is 568 g/mol. The van der Waals surface area contributed by atoms with Crippen LogP contribution in [0.5, 0.6) is 5.75 Å².